The Morgan fingerprint density at radius 3 is 2.77 bits per heavy atom. The molecule has 1 aliphatic carbocycles. The van der Waals surface area contributed by atoms with Crippen LogP contribution in [0.3, 0.4) is 0 Å². The largest absolute Gasteiger partial charge is 0.492 e. The molecule has 1 amide bonds. The second-order valence-electron chi connectivity index (χ2n) is 8.82. The quantitative estimate of drug-likeness (QED) is 0.663. The van der Waals surface area contributed by atoms with Crippen LogP contribution in [0, 0.1) is 23.6 Å². The molecule has 0 bridgehead atoms. The lowest BCUT2D eigenvalue weighted by Crippen LogP contribution is -2.53. The summed E-state index contributed by atoms with van der Waals surface area (Å²) in [5, 5.41) is 3.36. The summed E-state index contributed by atoms with van der Waals surface area (Å²) < 4.78 is 49.0. The fourth-order valence-corrected chi connectivity index (χ4v) is 6.31. The number of rotatable bonds is 6. The molecular weight excluding hydrogens is 445 g/mol. The first-order valence-electron chi connectivity index (χ1n) is 11.0. The molecule has 10 heteroatoms. The highest BCUT2D eigenvalue weighted by molar-refractivity contribution is 7.87. The van der Waals surface area contributed by atoms with Crippen molar-refractivity contribution >= 4 is 27.7 Å². The molecule has 1 saturated carbocycles. The number of halogens is 2. The molecule has 0 aromatic heterocycles. The average Bonchev–Trinajstić information content (AvgIpc) is 3.27. The van der Waals surface area contributed by atoms with Gasteiger partial charge in [0, 0.05) is 19.2 Å². The van der Waals surface area contributed by atoms with E-state index in [2.05, 4.69) is 5.32 Å². The summed E-state index contributed by atoms with van der Waals surface area (Å²) in [6.45, 7) is 2.85. The molecular formula is C21H29ClFN3O4S. The Balaban J connectivity index is 1.40. The zero-order valence-corrected chi connectivity index (χ0v) is 19.0. The molecule has 3 aliphatic rings. The first kappa shape index (κ1) is 22.8. The third kappa shape index (κ3) is 5.32. The van der Waals surface area contributed by atoms with Gasteiger partial charge in [0.25, 0.3) is 5.91 Å². The van der Waals surface area contributed by atoms with Gasteiger partial charge in [-0.1, -0.05) is 24.4 Å². The van der Waals surface area contributed by atoms with Crippen LogP contribution in [0.15, 0.2) is 12.1 Å². The maximum Gasteiger partial charge on any atom is 0.304 e. The third-order valence-electron chi connectivity index (χ3n) is 6.73. The number of hydrogen-bond acceptors (Lipinski definition) is 5. The molecule has 7 nitrogen and oxygen atoms in total. The van der Waals surface area contributed by atoms with Crippen molar-refractivity contribution in [3.05, 3.63) is 28.5 Å². The van der Waals surface area contributed by atoms with Crippen LogP contribution < -0.4 is 14.8 Å². The van der Waals surface area contributed by atoms with Crippen molar-refractivity contribution < 1.29 is 22.3 Å². The normalized spacial score (nSPS) is 25.2. The monoisotopic (exact) mass is 473 g/mol. The molecule has 172 valence electrons. The highest BCUT2D eigenvalue weighted by atomic mass is 35.5. The van der Waals surface area contributed by atoms with Crippen molar-refractivity contribution in [1.82, 2.24) is 14.3 Å². The number of carbonyl (C=O) groups is 1. The molecule has 2 unspecified atom stereocenters. The maximum atomic E-state index is 14.6. The van der Waals surface area contributed by atoms with Crippen LogP contribution >= 0.6 is 11.6 Å². The van der Waals surface area contributed by atoms with Gasteiger partial charge in [-0.2, -0.15) is 12.7 Å². The van der Waals surface area contributed by atoms with Crippen LogP contribution in [-0.4, -0.2) is 51.4 Å². The van der Waals surface area contributed by atoms with E-state index in [1.807, 2.05) is 4.72 Å². The fourth-order valence-electron chi connectivity index (χ4n) is 4.89. The van der Waals surface area contributed by atoms with Crippen molar-refractivity contribution in [1.29, 1.82) is 0 Å². The summed E-state index contributed by atoms with van der Waals surface area (Å²) in [4.78, 5) is 12.6. The first-order chi connectivity index (χ1) is 14.8. The van der Waals surface area contributed by atoms with Gasteiger partial charge in [0.05, 0.1) is 17.2 Å². The zero-order valence-electron chi connectivity index (χ0n) is 17.4. The third-order valence-corrected chi connectivity index (χ3v) is 8.48. The van der Waals surface area contributed by atoms with Crippen LogP contribution in [0.5, 0.6) is 5.75 Å². The number of nitrogens with one attached hydrogen (secondary N) is 2. The van der Waals surface area contributed by atoms with E-state index in [4.69, 9.17) is 16.3 Å². The topological polar surface area (TPSA) is 87.7 Å². The van der Waals surface area contributed by atoms with Crippen LogP contribution in [0.4, 0.5) is 4.39 Å². The number of benzene rings is 1. The molecule has 0 radical (unpaired) electrons. The van der Waals surface area contributed by atoms with E-state index < -0.39 is 27.5 Å². The van der Waals surface area contributed by atoms with Crippen molar-refractivity contribution in [3.8, 4) is 5.75 Å². The second-order valence-corrected chi connectivity index (χ2v) is 10.9. The summed E-state index contributed by atoms with van der Waals surface area (Å²) in [6, 6.07) is 2.18. The van der Waals surface area contributed by atoms with Gasteiger partial charge in [0.1, 0.15) is 11.6 Å². The van der Waals surface area contributed by atoms with Crippen LogP contribution in [0.1, 0.15) is 48.9 Å². The summed E-state index contributed by atoms with van der Waals surface area (Å²) >= 11 is 6.19. The number of nitrogens with zero attached hydrogens (tertiary/aromatic N) is 1. The van der Waals surface area contributed by atoms with E-state index in [1.54, 1.807) is 0 Å². The summed E-state index contributed by atoms with van der Waals surface area (Å²) in [5.41, 5.74) is -0.420. The van der Waals surface area contributed by atoms with E-state index in [-0.39, 0.29) is 16.7 Å². The van der Waals surface area contributed by atoms with E-state index in [0.29, 0.717) is 31.5 Å². The van der Waals surface area contributed by atoms with E-state index in [0.717, 1.165) is 50.9 Å². The smallest absolute Gasteiger partial charge is 0.304 e. The Hall–Kier alpha value is -1.42. The Kier molecular flexibility index (Phi) is 7.05. The van der Waals surface area contributed by atoms with Crippen molar-refractivity contribution in [2.45, 2.75) is 38.5 Å². The molecule has 2 aliphatic heterocycles. The Morgan fingerprint density at radius 2 is 2.00 bits per heavy atom. The predicted molar refractivity (Wildman–Crippen MR) is 116 cm³/mol. The van der Waals surface area contributed by atoms with E-state index >= 15 is 0 Å². The lowest BCUT2D eigenvalue weighted by molar-refractivity contribution is 0.0970. The highest BCUT2D eigenvalue weighted by Crippen LogP contribution is 2.32. The van der Waals surface area contributed by atoms with Crippen molar-refractivity contribution in [2.24, 2.45) is 17.8 Å². The second kappa shape index (κ2) is 9.60. The molecule has 2 N–H and O–H groups in total. The molecule has 2 atom stereocenters. The Morgan fingerprint density at radius 1 is 1.23 bits per heavy atom. The van der Waals surface area contributed by atoms with Gasteiger partial charge in [-0.15, -0.1) is 0 Å². The lowest BCUT2D eigenvalue weighted by atomic mass is 9.82. The van der Waals surface area contributed by atoms with Gasteiger partial charge in [-0.3, -0.25) is 4.79 Å². The molecule has 1 aromatic rings. The molecule has 2 saturated heterocycles. The maximum absolute atomic E-state index is 14.6. The van der Waals surface area contributed by atoms with Crippen LogP contribution in [-0.2, 0) is 10.2 Å². The van der Waals surface area contributed by atoms with Gasteiger partial charge >= 0.3 is 10.2 Å². The van der Waals surface area contributed by atoms with Gasteiger partial charge in [0.2, 0.25) is 0 Å². The van der Waals surface area contributed by atoms with Crippen molar-refractivity contribution in [3.63, 3.8) is 0 Å². The van der Waals surface area contributed by atoms with E-state index in [1.165, 1.54) is 17.1 Å². The number of piperidine rings is 2. The summed E-state index contributed by atoms with van der Waals surface area (Å²) in [7, 11) is -4.08. The highest BCUT2D eigenvalue weighted by Gasteiger charge is 2.37. The molecule has 1 aromatic carbocycles. The van der Waals surface area contributed by atoms with Gasteiger partial charge in [-0.05, 0) is 62.6 Å². The average molecular weight is 474 g/mol. The van der Waals surface area contributed by atoms with E-state index in [9.17, 15) is 17.6 Å². The van der Waals surface area contributed by atoms with Crippen LogP contribution in [0.25, 0.3) is 0 Å². The zero-order chi connectivity index (χ0) is 22.0. The van der Waals surface area contributed by atoms with Crippen molar-refractivity contribution in [2.75, 3.05) is 32.8 Å². The molecule has 3 fully saturated rings. The van der Waals surface area contributed by atoms with Gasteiger partial charge in [-0.25, -0.2) is 9.11 Å². The molecule has 31 heavy (non-hydrogen) atoms. The number of carbonyl (C=O) groups excluding carboxylic acids is 1. The first-order valence-corrected chi connectivity index (χ1v) is 12.8. The number of ether oxygens (including phenoxy) is 1. The minimum atomic E-state index is -4.08. The van der Waals surface area contributed by atoms with Crippen LogP contribution in [0.2, 0.25) is 5.02 Å². The lowest BCUT2D eigenvalue weighted by Gasteiger charge is -2.40. The number of amides is 1. The minimum Gasteiger partial charge on any atom is -0.492 e. The Labute approximate surface area is 187 Å². The fraction of sp³-hybridized carbons (Fsp3) is 0.667. The Bertz CT molecular complexity index is 923. The standard InChI is InChI=1S/C21H29ClFN3O4S/c22-18-9-17(19(23)10-20(18)30-13-14-3-1-2-4-14)21(27)25-31(28,29)26-8-6-15-5-7-24-11-16(15)12-26/h9-10,14-16,24H,1-8,11-13H2,(H,25,27). The summed E-state index contributed by atoms with van der Waals surface area (Å²) in [5.74, 6) is -0.597. The number of hydrogen-bond donors (Lipinski definition) is 2. The predicted octanol–water partition coefficient (Wildman–Crippen LogP) is 2.95. The molecule has 0 spiro atoms. The minimum absolute atomic E-state index is 0.0797. The number of fused-ring (bicyclic) bond motifs is 1. The molecule has 4 rings (SSSR count). The molecule has 2 heterocycles. The summed E-state index contributed by atoms with van der Waals surface area (Å²) in [6.07, 6.45) is 6.27. The van der Waals surface area contributed by atoms with Gasteiger partial charge in [0.15, 0.2) is 0 Å². The SMILES string of the molecule is O=C(NS(=O)(=O)N1CCC2CCNCC2C1)c1cc(Cl)c(OCC2CCCC2)cc1F. The van der Waals surface area contributed by atoms with Gasteiger partial charge < -0.3 is 10.1 Å².